The normalized spacial score (nSPS) is 13.6. The molecule has 3 aromatic heterocycles. The van der Waals surface area contributed by atoms with E-state index in [0.29, 0.717) is 178 Å². The molecule has 6 rings (SSSR count). The van der Waals surface area contributed by atoms with E-state index in [1.54, 1.807) is 40.2 Å². The van der Waals surface area contributed by atoms with Crippen LogP contribution in [-0.4, -0.2) is 207 Å². The summed E-state index contributed by atoms with van der Waals surface area (Å²) in [4.78, 5) is 71.4. The van der Waals surface area contributed by atoms with Gasteiger partial charge in [0.15, 0.2) is 0 Å². The molecule has 2 aromatic carbocycles. The van der Waals surface area contributed by atoms with Crippen molar-refractivity contribution in [3.63, 3.8) is 0 Å². The van der Waals surface area contributed by atoms with Crippen LogP contribution in [-0.2, 0) is 67.0 Å². The number of hydrogen-bond acceptors (Lipinski definition) is 20. The maximum Gasteiger partial charge on any atom is 0.295 e. The van der Waals surface area contributed by atoms with Crippen LogP contribution in [0.15, 0.2) is 73.2 Å². The van der Waals surface area contributed by atoms with Crippen molar-refractivity contribution in [3.8, 4) is 5.75 Å². The van der Waals surface area contributed by atoms with Gasteiger partial charge in [-0.05, 0) is 44.0 Å². The van der Waals surface area contributed by atoms with Gasteiger partial charge in [-0.1, -0.05) is 23.4 Å². The Morgan fingerprint density at radius 2 is 1.30 bits per heavy atom. The molecule has 1 aliphatic heterocycles. The van der Waals surface area contributed by atoms with Crippen molar-refractivity contribution in [1.29, 1.82) is 0 Å². The smallest absolute Gasteiger partial charge is 0.295 e. The first kappa shape index (κ1) is 59.4. The van der Waals surface area contributed by atoms with Crippen molar-refractivity contribution in [3.05, 3.63) is 116 Å². The van der Waals surface area contributed by atoms with E-state index < -0.39 is 21.5 Å². The highest BCUT2D eigenvalue weighted by atomic mass is 16.6. The number of aromatic nitrogens is 5. The standard InChI is InChI=1S/C51H67N9O17/c1-39-36-56(50(62)41-6-3-2-4-7-41)13-14-58(39)51(63)48(61)44-35-53-49-47(44)46(11-12-52-49)77-33-32-75-29-28-73-25-24-72-23-22-71-21-19-69-17-15-57-37-42(54-55-57)38-76-31-30-74-27-26-70-20-18-68-16-5-8-40-9-10-43(59(64)65)34-45(40)60(66)67/h2-4,6-7,9-12,34-35,37,39H,5,8,13-33,36,38H2,1H3,(H,52,53)/t39-/m1/s1. The molecule has 26 nitrogen and oxygen atoms in total. The number of aromatic amines is 1. The average Bonchev–Trinajstić information content (AvgIpc) is 4.10. The van der Waals surface area contributed by atoms with Gasteiger partial charge in [0.1, 0.15) is 23.7 Å². The maximum atomic E-state index is 13.6. The predicted octanol–water partition coefficient (Wildman–Crippen LogP) is 3.89. The Hall–Kier alpha value is -6.88. The predicted molar refractivity (Wildman–Crippen MR) is 274 cm³/mol. The minimum Gasteiger partial charge on any atom is -0.490 e. The minimum absolute atomic E-state index is 0.111. The molecule has 418 valence electrons. The van der Waals surface area contributed by atoms with Crippen molar-refractivity contribution in [1.82, 2.24) is 34.8 Å². The first-order chi connectivity index (χ1) is 37.6. The number of nitrogens with zero attached hydrogens (tertiary/aromatic N) is 8. The highest BCUT2D eigenvalue weighted by Crippen LogP contribution is 2.29. The van der Waals surface area contributed by atoms with Gasteiger partial charge >= 0.3 is 0 Å². The number of fused-ring (bicyclic) bond motifs is 1. The summed E-state index contributed by atoms with van der Waals surface area (Å²) in [7, 11) is 0. The zero-order chi connectivity index (χ0) is 54.5. The fourth-order valence-electron chi connectivity index (χ4n) is 7.89. The molecule has 0 radical (unpaired) electrons. The second-order valence-electron chi connectivity index (χ2n) is 17.2. The molecule has 26 heteroatoms. The Labute approximate surface area is 444 Å². The molecule has 0 unspecified atom stereocenters. The largest absolute Gasteiger partial charge is 0.490 e. The van der Waals surface area contributed by atoms with Gasteiger partial charge in [-0.3, -0.25) is 34.6 Å². The summed E-state index contributed by atoms with van der Waals surface area (Å²) in [5, 5.41) is 30.8. The molecule has 1 aliphatic rings. The number of aryl methyl sites for hydroxylation is 1. The monoisotopic (exact) mass is 1080 g/mol. The van der Waals surface area contributed by atoms with E-state index in [0.717, 1.165) is 6.07 Å². The fraction of sp³-hybridized carbons (Fsp3) is 0.529. The zero-order valence-corrected chi connectivity index (χ0v) is 43.2. The van der Waals surface area contributed by atoms with Crippen molar-refractivity contribution >= 4 is 40.0 Å². The minimum atomic E-state index is -0.684. The molecule has 1 N–H and O–H groups in total. The number of ether oxygens (including phenoxy) is 10. The number of Topliss-reactive ketones (excluding diaryl/α,β-unsaturated/α-hetero) is 1. The summed E-state index contributed by atoms with van der Waals surface area (Å²) in [5.41, 5.74) is 1.67. The molecule has 1 fully saturated rings. The number of carbonyl (C=O) groups is 3. The molecule has 1 saturated heterocycles. The maximum absolute atomic E-state index is 13.6. The Morgan fingerprint density at radius 1 is 0.701 bits per heavy atom. The van der Waals surface area contributed by atoms with E-state index in [4.69, 9.17) is 47.4 Å². The van der Waals surface area contributed by atoms with Crippen LogP contribution in [0.25, 0.3) is 11.0 Å². The average molecular weight is 1080 g/mol. The number of amides is 2. The molecule has 77 heavy (non-hydrogen) atoms. The number of nitro groups is 2. The number of hydrogen-bond donors (Lipinski definition) is 1. The van der Waals surface area contributed by atoms with Crippen LogP contribution in [0.3, 0.4) is 0 Å². The van der Waals surface area contributed by atoms with Gasteiger partial charge in [-0.15, -0.1) is 5.10 Å². The van der Waals surface area contributed by atoms with Crippen LogP contribution in [0.4, 0.5) is 11.4 Å². The van der Waals surface area contributed by atoms with Crippen LogP contribution in [0.1, 0.15) is 45.3 Å². The van der Waals surface area contributed by atoms with Crippen molar-refractivity contribution in [2.45, 2.75) is 39.0 Å². The van der Waals surface area contributed by atoms with E-state index in [1.807, 2.05) is 25.1 Å². The number of H-pyrrole nitrogens is 1. The van der Waals surface area contributed by atoms with E-state index in [2.05, 4.69) is 20.3 Å². The number of nitrogens with one attached hydrogen (secondary N) is 1. The number of non-ortho nitro benzene ring substituents is 1. The number of benzene rings is 2. The van der Waals surface area contributed by atoms with Crippen molar-refractivity contribution in [2.24, 2.45) is 0 Å². The second-order valence-corrected chi connectivity index (χ2v) is 17.2. The SMILES string of the molecule is C[C@@H]1CN(C(=O)c2ccccc2)CCN1C(=O)C(=O)c1c[nH]c2nccc(OCCOCCOCCOCCOCCOCCn3cc(COCCOCCOCCOCCCc4ccc([N+](=O)[O-])cc4[N+](=O)[O-])nn3)c12. The number of pyridine rings is 1. The summed E-state index contributed by atoms with van der Waals surface area (Å²) in [6.45, 7) is 10.2. The lowest BCUT2D eigenvalue weighted by Gasteiger charge is -2.39. The van der Waals surface area contributed by atoms with Crippen LogP contribution >= 0.6 is 0 Å². The lowest BCUT2D eigenvalue weighted by atomic mass is 10.1. The first-order valence-electron chi connectivity index (χ1n) is 25.4. The van der Waals surface area contributed by atoms with E-state index in [-0.39, 0.29) is 48.6 Å². The van der Waals surface area contributed by atoms with Crippen molar-refractivity contribution in [2.75, 3.05) is 139 Å². The highest BCUT2D eigenvalue weighted by Gasteiger charge is 2.35. The van der Waals surface area contributed by atoms with Gasteiger partial charge in [0.05, 0.1) is 152 Å². The number of nitro benzene ring substituents is 2. The molecule has 0 aliphatic carbocycles. The second kappa shape index (κ2) is 33.3. The summed E-state index contributed by atoms with van der Waals surface area (Å²) in [6, 6.07) is 13.9. The Morgan fingerprint density at radius 3 is 1.91 bits per heavy atom. The molecule has 1 atom stereocenters. The molecular weight excluding hydrogens is 1010 g/mol. The van der Waals surface area contributed by atoms with Gasteiger partial charge in [-0.25, -0.2) is 9.67 Å². The Kier molecular flexibility index (Phi) is 25.7. The first-order valence-corrected chi connectivity index (χ1v) is 25.4. The molecule has 2 amide bonds. The van der Waals surface area contributed by atoms with Gasteiger partial charge in [0, 0.05) is 61.9 Å². The van der Waals surface area contributed by atoms with Crippen LogP contribution in [0.2, 0.25) is 0 Å². The summed E-state index contributed by atoms with van der Waals surface area (Å²) in [6.07, 6.45) is 5.70. The molecule has 0 spiro atoms. The third kappa shape index (κ3) is 19.9. The topological polar surface area (TPSA) is 296 Å². The number of piperazine rings is 1. The third-order valence-corrected chi connectivity index (χ3v) is 11.8. The number of carbonyl (C=O) groups excluding carboxylic acids is 3. The van der Waals surface area contributed by atoms with Gasteiger partial charge in [0.2, 0.25) is 0 Å². The number of rotatable bonds is 39. The lowest BCUT2D eigenvalue weighted by Crippen LogP contribution is -2.56. The van der Waals surface area contributed by atoms with Gasteiger partial charge in [0.25, 0.3) is 29.0 Å². The van der Waals surface area contributed by atoms with Gasteiger partial charge in [-0.2, -0.15) is 0 Å². The highest BCUT2D eigenvalue weighted by molar-refractivity contribution is 6.45. The molecule has 5 aromatic rings. The van der Waals surface area contributed by atoms with Crippen LogP contribution in [0, 0.1) is 20.2 Å². The quantitative estimate of drug-likeness (QED) is 0.0192. The zero-order valence-electron chi connectivity index (χ0n) is 43.2. The molecule has 4 heterocycles. The summed E-state index contributed by atoms with van der Waals surface area (Å²) >= 11 is 0. The summed E-state index contributed by atoms with van der Waals surface area (Å²) in [5.74, 6) is -1.05. The fourth-order valence-corrected chi connectivity index (χ4v) is 7.89. The Bertz CT molecular complexity index is 2600. The molecule has 0 saturated carbocycles. The van der Waals surface area contributed by atoms with E-state index in [9.17, 15) is 34.6 Å². The van der Waals surface area contributed by atoms with E-state index in [1.165, 1.54) is 23.2 Å². The Balaban J connectivity index is 0.682. The van der Waals surface area contributed by atoms with E-state index >= 15 is 0 Å². The van der Waals surface area contributed by atoms with Crippen LogP contribution in [0.5, 0.6) is 5.75 Å². The summed E-state index contributed by atoms with van der Waals surface area (Å²) < 4.78 is 57.8. The molecule has 0 bridgehead atoms. The van der Waals surface area contributed by atoms with Gasteiger partial charge < -0.3 is 62.2 Å². The third-order valence-electron chi connectivity index (χ3n) is 11.8. The number of ketones is 1. The lowest BCUT2D eigenvalue weighted by molar-refractivity contribution is -0.394. The van der Waals surface area contributed by atoms with Crippen molar-refractivity contribution < 1.29 is 71.6 Å². The molecular formula is C51H67N9O17. The van der Waals surface area contributed by atoms with Crippen LogP contribution < -0.4 is 4.74 Å².